The van der Waals surface area contributed by atoms with Gasteiger partial charge in [0.25, 0.3) is 11.6 Å². The van der Waals surface area contributed by atoms with Crippen LogP contribution in [-0.2, 0) is 10.2 Å². The van der Waals surface area contributed by atoms with Crippen LogP contribution < -0.4 is 5.32 Å². The van der Waals surface area contributed by atoms with Gasteiger partial charge >= 0.3 is 5.97 Å². The fourth-order valence-corrected chi connectivity index (χ4v) is 3.14. The van der Waals surface area contributed by atoms with Crippen molar-refractivity contribution in [3.8, 4) is 0 Å². The number of nitrogens with one attached hydrogen (secondary N) is 1. The maximum absolute atomic E-state index is 12.4. The van der Waals surface area contributed by atoms with Crippen LogP contribution in [0.2, 0.25) is 0 Å². The summed E-state index contributed by atoms with van der Waals surface area (Å²) in [5.74, 6) is -2.00. The molecule has 2 atom stereocenters. The highest BCUT2D eigenvalue weighted by Crippen LogP contribution is 2.32. The van der Waals surface area contributed by atoms with E-state index in [0.29, 0.717) is 18.4 Å². The molecular formula is C17H22N2O5. The molecule has 7 nitrogen and oxygen atoms in total. The molecule has 0 aliphatic heterocycles. The topological polar surface area (TPSA) is 110 Å². The Labute approximate surface area is 140 Å². The van der Waals surface area contributed by atoms with Crippen molar-refractivity contribution in [3.63, 3.8) is 0 Å². The first kappa shape index (κ1) is 17.9. The van der Waals surface area contributed by atoms with Gasteiger partial charge in [-0.05, 0) is 24.3 Å². The Morgan fingerprint density at radius 3 is 2.50 bits per heavy atom. The molecule has 0 saturated heterocycles. The summed E-state index contributed by atoms with van der Waals surface area (Å²) in [6.07, 6.45) is 1.87. The molecule has 7 heteroatoms. The summed E-state index contributed by atoms with van der Waals surface area (Å²) in [4.78, 5) is 34.4. The molecule has 24 heavy (non-hydrogen) atoms. The van der Waals surface area contributed by atoms with Crippen LogP contribution in [0, 0.1) is 16.0 Å². The van der Waals surface area contributed by atoms with Gasteiger partial charge < -0.3 is 10.4 Å². The fraction of sp³-hybridized carbons (Fsp3) is 0.529. The minimum atomic E-state index is -0.924. The number of carboxylic acid groups (broad SMARTS) is 1. The van der Waals surface area contributed by atoms with Crippen molar-refractivity contribution in [1.29, 1.82) is 0 Å². The summed E-state index contributed by atoms with van der Waals surface area (Å²) in [7, 11) is 0. The van der Waals surface area contributed by atoms with Gasteiger partial charge in [0.15, 0.2) is 0 Å². The number of nitrogens with zero attached hydrogens (tertiary/aromatic N) is 1. The number of carbonyl (C=O) groups excluding carboxylic acids is 1. The summed E-state index contributed by atoms with van der Waals surface area (Å²) < 4.78 is 0. The van der Waals surface area contributed by atoms with Crippen LogP contribution >= 0.6 is 0 Å². The number of carbonyl (C=O) groups is 2. The van der Waals surface area contributed by atoms with E-state index in [4.69, 9.17) is 5.11 Å². The van der Waals surface area contributed by atoms with Crippen molar-refractivity contribution in [2.45, 2.75) is 51.5 Å². The largest absolute Gasteiger partial charge is 0.481 e. The first-order valence-corrected chi connectivity index (χ1v) is 7.94. The molecular weight excluding hydrogens is 312 g/mol. The van der Waals surface area contributed by atoms with Crippen molar-refractivity contribution in [2.75, 3.05) is 0 Å². The van der Waals surface area contributed by atoms with Crippen molar-refractivity contribution < 1.29 is 19.6 Å². The molecule has 1 aromatic carbocycles. The first-order chi connectivity index (χ1) is 11.1. The maximum atomic E-state index is 12.4. The van der Waals surface area contributed by atoms with Crippen LogP contribution in [0.4, 0.5) is 5.69 Å². The van der Waals surface area contributed by atoms with E-state index in [0.717, 1.165) is 6.42 Å². The Morgan fingerprint density at radius 2 is 1.96 bits per heavy atom. The van der Waals surface area contributed by atoms with Crippen LogP contribution in [0.1, 0.15) is 56.0 Å². The normalized spacial score (nSPS) is 20.6. The Balaban J connectivity index is 2.26. The van der Waals surface area contributed by atoms with Gasteiger partial charge in [0, 0.05) is 23.2 Å². The third kappa shape index (κ3) is 3.72. The lowest BCUT2D eigenvalue weighted by Gasteiger charge is -2.20. The van der Waals surface area contributed by atoms with Gasteiger partial charge in [0.2, 0.25) is 0 Å². The number of carboxylic acids is 1. The second kappa shape index (κ2) is 6.59. The first-order valence-electron chi connectivity index (χ1n) is 7.94. The highest BCUT2D eigenvalue weighted by Gasteiger charge is 2.34. The number of hydrogen-bond donors (Lipinski definition) is 2. The number of nitro groups is 1. The molecule has 1 aromatic rings. The third-order valence-corrected chi connectivity index (χ3v) is 4.41. The summed E-state index contributed by atoms with van der Waals surface area (Å²) in [5, 5.41) is 23.2. The van der Waals surface area contributed by atoms with E-state index in [1.54, 1.807) is 12.1 Å². The molecule has 1 saturated carbocycles. The number of aliphatic carboxylic acids is 1. The number of amides is 1. The van der Waals surface area contributed by atoms with Crippen molar-refractivity contribution in [2.24, 2.45) is 5.92 Å². The minimum absolute atomic E-state index is 0.101. The predicted molar refractivity (Wildman–Crippen MR) is 88.0 cm³/mol. The van der Waals surface area contributed by atoms with Crippen LogP contribution in [0.25, 0.3) is 0 Å². The molecule has 1 aliphatic rings. The second-order valence-corrected chi connectivity index (χ2v) is 7.19. The average Bonchev–Trinajstić information content (AvgIpc) is 2.93. The lowest BCUT2D eigenvalue weighted by atomic mass is 9.85. The Morgan fingerprint density at radius 1 is 1.29 bits per heavy atom. The van der Waals surface area contributed by atoms with Crippen LogP contribution in [0.3, 0.4) is 0 Å². The van der Waals surface area contributed by atoms with Crippen molar-refractivity contribution in [1.82, 2.24) is 5.32 Å². The quantitative estimate of drug-likeness (QED) is 0.650. The molecule has 0 aromatic heterocycles. The van der Waals surface area contributed by atoms with Crippen LogP contribution in [0.5, 0.6) is 0 Å². The van der Waals surface area contributed by atoms with Gasteiger partial charge in [-0.1, -0.05) is 33.3 Å². The van der Waals surface area contributed by atoms with E-state index >= 15 is 0 Å². The van der Waals surface area contributed by atoms with Gasteiger partial charge in [-0.2, -0.15) is 0 Å². The molecule has 1 amide bonds. The number of rotatable bonds is 4. The van der Waals surface area contributed by atoms with Crippen molar-refractivity contribution >= 4 is 17.6 Å². The summed E-state index contributed by atoms with van der Waals surface area (Å²) in [6, 6.07) is 3.97. The van der Waals surface area contributed by atoms with Gasteiger partial charge in [0.1, 0.15) is 0 Å². The van der Waals surface area contributed by atoms with Gasteiger partial charge in [-0.3, -0.25) is 19.7 Å². The van der Waals surface area contributed by atoms with E-state index in [1.165, 1.54) is 6.07 Å². The molecule has 0 bridgehead atoms. The van der Waals surface area contributed by atoms with E-state index in [1.807, 2.05) is 20.8 Å². The molecule has 2 N–H and O–H groups in total. The van der Waals surface area contributed by atoms with Crippen molar-refractivity contribution in [3.05, 3.63) is 39.4 Å². The summed E-state index contributed by atoms with van der Waals surface area (Å²) >= 11 is 0. The maximum Gasteiger partial charge on any atom is 0.308 e. The molecule has 0 unspecified atom stereocenters. The zero-order valence-corrected chi connectivity index (χ0v) is 14.0. The fourth-order valence-electron chi connectivity index (χ4n) is 3.14. The molecule has 1 fully saturated rings. The van der Waals surface area contributed by atoms with Crippen LogP contribution in [-0.4, -0.2) is 27.9 Å². The zero-order valence-electron chi connectivity index (χ0n) is 14.0. The highest BCUT2D eigenvalue weighted by molar-refractivity contribution is 5.95. The number of benzene rings is 1. The molecule has 0 heterocycles. The molecule has 0 radical (unpaired) electrons. The highest BCUT2D eigenvalue weighted by atomic mass is 16.6. The molecule has 2 rings (SSSR count). The molecule has 130 valence electrons. The standard InChI is InChI=1S/C17H22N2O5/c1-17(2,3)12-8-7-10(9-14(12)19(23)24)15(20)18-13-6-4-5-11(13)16(21)22/h7-9,11,13H,4-6H2,1-3H3,(H,18,20)(H,21,22)/t11-,13+/m0/s1. The SMILES string of the molecule is CC(C)(C)c1ccc(C(=O)N[C@@H]2CCC[C@@H]2C(=O)O)cc1[N+](=O)[O-]. The van der Waals surface area contributed by atoms with E-state index in [9.17, 15) is 19.7 Å². The number of nitro benzene ring substituents is 1. The Hall–Kier alpha value is -2.44. The lowest BCUT2D eigenvalue weighted by molar-refractivity contribution is -0.386. The van der Waals surface area contributed by atoms with Gasteiger partial charge in [-0.15, -0.1) is 0 Å². The Bertz CT molecular complexity index is 678. The Kier molecular flexibility index (Phi) is 4.91. The monoisotopic (exact) mass is 334 g/mol. The smallest absolute Gasteiger partial charge is 0.308 e. The lowest BCUT2D eigenvalue weighted by Crippen LogP contribution is -2.40. The third-order valence-electron chi connectivity index (χ3n) is 4.41. The molecule has 0 spiro atoms. The summed E-state index contributed by atoms with van der Waals surface area (Å²) in [5.41, 5.74) is 0.201. The zero-order chi connectivity index (χ0) is 18.1. The summed E-state index contributed by atoms with van der Waals surface area (Å²) in [6.45, 7) is 5.60. The van der Waals surface area contributed by atoms with Crippen LogP contribution in [0.15, 0.2) is 18.2 Å². The predicted octanol–water partition coefficient (Wildman–Crippen LogP) is 2.88. The van der Waals surface area contributed by atoms with E-state index < -0.39 is 34.2 Å². The second-order valence-electron chi connectivity index (χ2n) is 7.19. The van der Waals surface area contributed by atoms with E-state index in [-0.39, 0.29) is 11.3 Å². The van der Waals surface area contributed by atoms with E-state index in [2.05, 4.69) is 5.32 Å². The minimum Gasteiger partial charge on any atom is -0.481 e. The number of hydrogen-bond acceptors (Lipinski definition) is 4. The van der Waals surface area contributed by atoms with Gasteiger partial charge in [0.05, 0.1) is 10.8 Å². The average molecular weight is 334 g/mol. The molecule has 1 aliphatic carbocycles. The van der Waals surface area contributed by atoms with Gasteiger partial charge in [-0.25, -0.2) is 0 Å².